The van der Waals surface area contributed by atoms with Crippen LogP contribution >= 0.6 is 0 Å². The summed E-state index contributed by atoms with van der Waals surface area (Å²) < 4.78 is 29.4. The Morgan fingerprint density at radius 2 is 2.03 bits per heavy atom. The largest absolute Gasteiger partial charge is 0.404 e. The average molecular weight is 442 g/mol. The molecular formula is C23H29F2N7. The third-order valence-electron chi connectivity index (χ3n) is 6.45. The van der Waals surface area contributed by atoms with Crippen LogP contribution in [0, 0.1) is 28.5 Å². The van der Waals surface area contributed by atoms with Gasteiger partial charge >= 0.3 is 0 Å². The zero-order chi connectivity index (χ0) is 23.6. The predicted molar refractivity (Wildman–Crippen MR) is 124 cm³/mol. The molecule has 0 saturated heterocycles. The first-order valence-electron chi connectivity index (χ1n) is 10.5. The molecule has 1 aliphatic rings. The fraction of sp³-hybridized carbons (Fsp3) is 0.391. The summed E-state index contributed by atoms with van der Waals surface area (Å²) in [6.07, 6.45) is 4.53. The van der Waals surface area contributed by atoms with Crippen LogP contribution in [0.25, 0.3) is 16.8 Å². The summed E-state index contributed by atoms with van der Waals surface area (Å²) in [5.41, 5.74) is 18.1. The molecule has 1 fully saturated rings. The molecular weight excluding hydrogens is 412 g/mol. The van der Waals surface area contributed by atoms with Crippen LogP contribution in [0.5, 0.6) is 0 Å². The quantitative estimate of drug-likeness (QED) is 0.343. The summed E-state index contributed by atoms with van der Waals surface area (Å²) in [5.74, 6) is -0.307. The number of hydrogen-bond donors (Lipinski definition) is 5. The van der Waals surface area contributed by atoms with Crippen molar-refractivity contribution in [2.24, 2.45) is 23.3 Å². The van der Waals surface area contributed by atoms with E-state index in [9.17, 15) is 8.78 Å². The molecule has 3 rings (SSSR count). The summed E-state index contributed by atoms with van der Waals surface area (Å²) in [6, 6.07) is 4.19. The fourth-order valence-electron chi connectivity index (χ4n) is 4.46. The first-order chi connectivity index (χ1) is 15.1. The van der Waals surface area contributed by atoms with Crippen LogP contribution in [-0.2, 0) is 6.42 Å². The Balaban J connectivity index is 1.89. The van der Waals surface area contributed by atoms with Crippen molar-refractivity contribution >= 4 is 23.7 Å². The van der Waals surface area contributed by atoms with Crippen LogP contribution in [0.2, 0.25) is 0 Å². The molecule has 1 aromatic heterocycles. The van der Waals surface area contributed by atoms with E-state index in [1.54, 1.807) is 19.1 Å². The lowest BCUT2D eigenvalue weighted by Gasteiger charge is -2.41. The van der Waals surface area contributed by atoms with Crippen molar-refractivity contribution in [2.45, 2.75) is 44.8 Å². The van der Waals surface area contributed by atoms with Gasteiger partial charge < -0.3 is 28.0 Å². The van der Waals surface area contributed by atoms with Crippen molar-refractivity contribution < 1.29 is 8.78 Å². The number of nitrogen functional groups attached to an aromatic ring is 1. The number of anilines is 1. The molecule has 0 spiro atoms. The number of nitrogens with two attached hydrogens (primary N) is 3. The maximum atomic E-state index is 14.9. The molecule has 4 atom stereocenters. The second-order valence-corrected chi connectivity index (χ2v) is 8.69. The second-order valence-electron chi connectivity index (χ2n) is 8.69. The molecule has 2 aromatic rings. The predicted octanol–water partition coefficient (Wildman–Crippen LogP) is 3.46. The van der Waals surface area contributed by atoms with Crippen LogP contribution in [-0.4, -0.2) is 34.3 Å². The Morgan fingerprint density at radius 3 is 2.59 bits per heavy atom. The Labute approximate surface area is 186 Å². The minimum absolute atomic E-state index is 0.00850. The Morgan fingerprint density at radius 1 is 1.31 bits per heavy atom. The minimum atomic E-state index is -1.36. The third-order valence-corrected chi connectivity index (χ3v) is 6.45. The van der Waals surface area contributed by atoms with Gasteiger partial charge in [-0.15, -0.1) is 0 Å². The van der Waals surface area contributed by atoms with Gasteiger partial charge in [0.15, 0.2) is 0 Å². The highest BCUT2D eigenvalue weighted by atomic mass is 19.1. The lowest BCUT2D eigenvalue weighted by molar-refractivity contribution is 0.0423. The first kappa shape index (κ1) is 23.5. The van der Waals surface area contributed by atoms with Gasteiger partial charge in [0.05, 0.1) is 17.1 Å². The van der Waals surface area contributed by atoms with Crippen molar-refractivity contribution in [1.82, 2.24) is 10.2 Å². The van der Waals surface area contributed by atoms with E-state index in [0.29, 0.717) is 30.5 Å². The van der Waals surface area contributed by atoms with Gasteiger partial charge in [-0.25, -0.2) is 8.78 Å². The SMILES string of the molecule is CC1CC(C)(F)C(N)CC1Cc1ccc(-c2cc(F)c(/C(C=N)=C/N)c(C=N)c2N)nn1. The molecule has 0 aliphatic heterocycles. The van der Waals surface area contributed by atoms with Gasteiger partial charge in [0.2, 0.25) is 0 Å². The van der Waals surface area contributed by atoms with E-state index >= 15 is 0 Å². The number of hydrogen-bond acceptors (Lipinski definition) is 7. The van der Waals surface area contributed by atoms with Crippen LogP contribution in [0.1, 0.15) is 43.5 Å². The molecule has 32 heavy (non-hydrogen) atoms. The number of aromatic nitrogens is 2. The number of alkyl halides is 1. The Kier molecular flexibility index (Phi) is 6.68. The maximum Gasteiger partial charge on any atom is 0.132 e. The van der Waals surface area contributed by atoms with Gasteiger partial charge in [-0.3, -0.25) is 0 Å². The molecule has 8 N–H and O–H groups in total. The Bertz CT molecular complexity index is 1050. The molecule has 1 aliphatic carbocycles. The average Bonchev–Trinajstić information content (AvgIpc) is 2.75. The minimum Gasteiger partial charge on any atom is -0.404 e. The van der Waals surface area contributed by atoms with Gasteiger partial charge in [-0.2, -0.15) is 10.2 Å². The van der Waals surface area contributed by atoms with Crippen molar-refractivity contribution in [3.05, 3.63) is 47.0 Å². The number of rotatable bonds is 6. The van der Waals surface area contributed by atoms with Crippen molar-refractivity contribution in [3.63, 3.8) is 0 Å². The van der Waals surface area contributed by atoms with Gasteiger partial charge in [0.1, 0.15) is 11.5 Å². The zero-order valence-corrected chi connectivity index (χ0v) is 18.2. The first-order valence-corrected chi connectivity index (χ1v) is 10.5. The van der Waals surface area contributed by atoms with Crippen LogP contribution in [0.4, 0.5) is 14.5 Å². The van der Waals surface area contributed by atoms with Gasteiger partial charge in [-0.05, 0) is 56.2 Å². The number of allylic oxidation sites excluding steroid dienone is 1. The van der Waals surface area contributed by atoms with E-state index in [1.165, 1.54) is 6.07 Å². The standard InChI is InChI=1S/C23H29F2N7/c1-12-8-23(2,25)20(29)6-13(12)5-15-3-4-19(32-31-15)16-7-18(24)21(14(9-26)10-27)17(11-28)22(16)30/h3-4,7,9-13,20,26,28H,5-6,8,27,29-30H2,1-2H3/b14-10+,26-9?,28-11?. The summed E-state index contributed by atoms with van der Waals surface area (Å²) in [4.78, 5) is 0. The summed E-state index contributed by atoms with van der Waals surface area (Å²) in [6.45, 7) is 3.59. The molecule has 0 bridgehead atoms. The lowest BCUT2D eigenvalue weighted by Crippen LogP contribution is -2.50. The molecule has 1 saturated carbocycles. The molecule has 170 valence electrons. The second kappa shape index (κ2) is 9.12. The highest BCUT2D eigenvalue weighted by molar-refractivity contribution is 6.13. The summed E-state index contributed by atoms with van der Waals surface area (Å²) in [7, 11) is 0. The van der Waals surface area contributed by atoms with E-state index in [1.807, 2.05) is 6.92 Å². The molecule has 1 heterocycles. The highest BCUT2D eigenvalue weighted by Gasteiger charge is 2.41. The van der Waals surface area contributed by atoms with Gasteiger partial charge in [0.25, 0.3) is 0 Å². The number of benzene rings is 1. The number of nitrogens with one attached hydrogen (secondary N) is 2. The van der Waals surface area contributed by atoms with E-state index in [4.69, 9.17) is 28.0 Å². The van der Waals surface area contributed by atoms with Gasteiger partial charge in [0, 0.05) is 46.9 Å². The fourth-order valence-corrected chi connectivity index (χ4v) is 4.46. The van der Waals surface area contributed by atoms with E-state index in [-0.39, 0.29) is 34.2 Å². The molecule has 1 aromatic carbocycles. The van der Waals surface area contributed by atoms with Crippen LogP contribution in [0.3, 0.4) is 0 Å². The molecule has 9 heteroatoms. The molecule has 0 radical (unpaired) electrons. The summed E-state index contributed by atoms with van der Waals surface area (Å²) >= 11 is 0. The Hall–Kier alpha value is -3.20. The van der Waals surface area contributed by atoms with E-state index in [2.05, 4.69) is 10.2 Å². The summed E-state index contributed by atoms with van der Waals surface area (Å²) in [5, 5.41) is 23.6. The third kappa shape index (κ3) is 4.38. The highest BCUT2D eigenvalue weighted by Crippen LogP contribution is 2.39. The van der Waals surface area contributed by atoms with Crippen LogP contribution < -0.4 is 17.2 Å². The smallest absolute Gasteiger partial charge is 0.132 e. The van der Waals surface area contributed by atoms with E-state index < -0.39 is 17.5 Å². The van der Waals surface area contributed by atoms with E-state index in [0.717, 1.165) is 24.3 Å². The lowest BCUT2D eigenvalue weighted by atomic mass is 9.70. The van der Waals surface area contributed by atoms with Crippen molar-refractivity contribution in [2.75, 3.05) is 5.73 Å². The van der Waals surface area contributed by atoms with Crippen LogP contribution in [0.15, 0.2) is 24.4 Å². The monoisotopic (exact) mass is 441 g/mol. The molecule has 7 nitrogen and oxygen atoms in total. The molecule has 0 amide bonds. The number of halogens is 2. The van der Waals surface area contributed by atoms with Crippen molar-refractivity contribution in [1.29, 1.82) is 10.8 Å². The zero-order valence-electron chi connectivity index (χ0n) is 18.2. The topological polar surface area (TPSA) is 152 Å². The van der Waals surface area contributed by atoms with Crippen molar-refractivity contribution in [3.8, 4) is 11.3 Å². The maximum absolute atomic E-state index is 14.9. The number of nitrogens with zero attached hydrogens (tertiary/aromatic N) is 2. The van der Waals surface area contributed by atoms with Gasteiger partial charge in [-0.1, -0.05) is 6.92 Å². The molecule has 4 unspecified atom stereocenters. The normalized spacial score (nSPS) is 26.0.